The maximum Gasteiger partial charge on any atom is 0.326 e. The van der Waals surface area contributed by atoms with E-state index in [4.69, 9.17) is 4.74 Å². The third kappa shape index (κ3) is 3.72. The highest BCUT2D eigenvalue weighted by atomic mass is 16.5. The number of benzene rings is 1. The van der Waals surface area contributed by atoms with Crippen LogP contribution in [0.5, 0.6) is 0 Å². The molecule has 1 spiro atoms. The molecule has 0 aromatic heterocycles. The predicted molar refractivity (Wildman–Crippen MR) is 97.1 cm³/mol. The van der Waals surface area contributed by atoms with Crippen LogP contribution in [0.3, 0.4) is 0 Å². The van der Waals surface area contributed by atoms with Gasteiger partial charge in [-0.15, -0.1) is 0 Å². The van der Waals surface area contributed by atoms with Gasteiger partial charge in [-0.05, 0) is 31.7 Å². The van der Waals surface area contributed by atoms with Crippen molar-refractivity contribution in [2.45, 2.75) is 57.6 Å². The Bertz CT molecular complexity index is 765. The van der Waals surface area contributed by atoms with Gasteiger partial charge in [-0.3, -0.25) is 19.3 Å². The molecule has 1 saturated carbocycles. The van der Waals surface area contributed by atoms with Crippen molar-refractivity contribution in [3.8, 4) is 0 Å². The van der Waals surface area contributed by atoms with Crippen LogP contribution >= 0.6 is 0 Å². The molecule has 7 nitrogen and oxygen atoms in total. The molecule has 3 rings (SSSR count). The first kappa shape index (κ1) is 19.1. The van der Waals surface area contributed by atoms with Crippen LogP contribution in [0.25, 0.3) is 0 Å². The number of urea groups is 1. The summed E-state index contributed by atoms with van der Waals surface area (Å²) in [4.78, 5) is 50.1. The Morgan fingerprint density at radius 2 is 1.81 bits per heavy atom. The number of Topliss-reactive ketones (excluding diaryl/α,β-unsaturated/α-hetero) is 1. The molecule has 2 fully saturated rings. The van der Waals surface area contributed by atoms with Crippen molar-refractivity contribution in [2.75, 3.05) is 6.54 Å². The van der Waals surface area contributed by atoms with Crippen molar-refractivity contribution >= 4 is 23.7 Å². The highest BCUT2D eigenvalue weighted by Gasteiger charge is 2.52. The highest BCUT2D eigenvalue weighted by Crippen LogP contribution is 2.34. The van der Waals surface area contributed by atoms with Crippen molar-refractivity contribution in [1.82, 2.24) is 10.2 Å². The maximum atomic E-state index is 12.5. The van der Waals surface area contributed by atoms with Crippen LogP contribution < -0.4 is 5.32 Å². The Labute approximate surface area is 158 Å². The number of amides is 3. The van der Waals surface area contributed by atoms with Gasteiger partial charge in [0.1, 0.15) is 12.1 Å². The SMILES string of the molecule is CCc1ccc(C(=O)C(C)OC(=O)CN2C(=O)NC3(CCCC3)C2=O)cc1. The normalized spacial score (nSPS) is 19.3. The van der Waals surface area contributed by atoms with Crippen molar-refractivity contribution in [3.63, 3.8) is 0 Å². The molecule has 7 heteroatoms. The fourth-order valence-electron chi connectivity index (χ4n) is 3.69. The first-order valence-electron chi connectivity index (χ1n) is 9.33. The number of carbonyl (C=O) groups excluding carboxylic acids is 4. The van der Waals surface area contributed by atoms with Crippen LogP contribution in [0.4, 0.5) is 4.79 Å². The molecule has 1 aliphatic heterocycles. The second-order valence-corrected chi connectivity index (χ2v) is 7.16. The molecule has 1 N–H and O–H groups in total. The van der Waals surface area contributed by atoms with E-state index in [0.717, 1.165) is 29.7 Å². The van der Waals surface area contributed by atoms with Gasteiger partial charge in [0, 0.05) is 5.56 Å². The third-order valence-electron chi connectivity index (χ3n) is 5.31. The molecule has 3 amide bonds. The number of ether oxygens (including phenoxy) is 1. The summed E-state index contributed by atoms with van der Waals surface area (Å²) in [6, 6.07) is 6.54. The number of aryl methyl sites for hydroxylation is 1. The molecule has 1 atom stereocenters. The van der Waals surface area contributed by atoms with Crippen LogP contribution in [0.15, 0.2) is 24.3 Å². The molecule has 1 unspecified atom stereocenters. The minimum Gasteiger partial charge on any atom is -0.453 e. The van der Waals surface area contributed by atoms with Crippen LogP contribution in [-0.4, -0.2) is 46.8 Å². The van der Waals surface area contributed by atoms with E-state index in [0.29, 0.717) is 18.4 Å². The van der Waals surface area contributed by atoms with Crippen LogP contribution in [0, 0.1) is 0 Å². The Morgan fingerprint density at radius 3 is 2.41 bits per heavy atom. The summed E-state index contributed by atoms with van der Waals surface area (Å²) in [6.45, 7) is 3.02. The summed E-state index contributed by atoms with van der Waals surface area (Å²) < 4.78 is 5.17. The molecule has 1 aliphatic carbocycles. The van der Waals surface area contributed by atoms with Crippen molar-refractivity contribution in [3.05, 3.63) is 35.4 Å². The molecular formula is C20H24N2O5. The van der Waals surface area contributed by atoms with Gasteiger partial charge < -0.3 is 10.1 Å². The zero-order valence-electron chi connectivity index (χ0n) is 15.6. The molecular weight excluding hydrogens is 348 g/mol. The fraction of sp³-hybridized carbons (Fsp3) is 0.500. The molecule has 0 radical (unpaired) electrons. The highest BCUT2D eigenvalue weighted by molar-refractivity contribution is 6.09. The first-order valence-corrected chi connectivity index (χ1v) is 9.33. The average Bonchev–Trinajstić information content (AvgIpc) is 3.22. The van der Waals surface area contributed by atoms with Crippen molar-refractivity contribution in [1.29, 1.82) is 0 Å². The molecule has 0 bridgehead atoms. The van der Waals surface area contributed by atoms with Crippen molar-refractivity contribution < 1.29 is 23.9 Å². The van der Waals surface area contributed by atoms with E-state index in [1.54, 1.807) is 12.1 Å². The lowest BCUT2D eigenvalue weighted by molar-refractivity contribution is -0.149. The summed E-state index contributed by atoms with van der Waals surface area (Å²) >= 11 is 0. The number of hydrogen-bond acceptors (Lipinski definition) is 5. The smallest absolute Gasteiger partial charge is 0.326 e. The molecule has 1 heterocycles. The third-order valence-corrected chi connectivity index (χ3v) is 5.31. The number of imide groups is 1. The standard InChI is InChI=1S/C20H24N2O5/c1-3-14-6-8-15(9-7-14)17(24)13(2)27-16(23)12-22-18(25)20(21-19(22)26)10-4-5-11-20/h6-9,13H,3-5,10-12H2,1-2H3,(H,21,26). The Morgan fingerprint density at radius 1 is 1.19 bits per heavy atom. The van der Waals surface area contributed by atoms with E-state index in [1.165, 1.54) is 6.92 Å². The van der Waals surface area contributed by atoms with E-state index in [2.05, 4.69) is 5.32 Å². The predicted octanol–water partition coefficient (Wildman–Crippen LogP) is 2.23. The fourth-order valence-corrected chi connectivity index (χ4v) is 3.69. The first-order chi connectivity index (χ1) is 12.9. The minimum absolute atomic E-state index is 0.324. The maximum absolute atomic E-state index is 12.5. The van der Waals surface area contributed by atoms with E-state index < -0.39 is 30.2 Å². The lowest BCUT2D eigenvalue weighted by Gasteiger charge is -2.20. The monoisotopic (exact) mass is 372 g/mol. The number of esters is 1. The Balaban J connectivity index is 1.59. The van der Waals surface area contributed by atoms with Gasteiger partial charge in [-0.25, -0.2) is 4.79 Å². The number of nitrogens with one attached hydrogen (secondary N) is 1. The quantitative estimate of drug-likeness (QED) is 0.470. The zero-order chi connectivity index (χ0) is 19.6. The van der Waals surface area contributed by atoms with Crippen LogP contribution in [0.2, 0.25) is 0 Å². The van der Waals surface area contributed by atoms with Gasteiger partial charge in [0.05, 0.1) is 0 Å². The number of rotatable bonds is 6. The van der Waals surface area contributed by atoms with Gasteiger partial charge in [0.25, 0.3) is 5.91 Å². The van der Waals surface area contributed by atoms with Crippen molar-refractivity contribution in [2.24, 2.45) is 0 Å². The van der Waals surface area contributed by atoms with E-state index in [9.17, 15) is 19.2 Å². The Kier molecular flexibility index (Phi) is 5.30. The van der Waals surface area contributed by atoms with Gasteiger partial charge >= 0.3 is 12.0 Å². The van der Waals surface area contributed by atoms with E-state index in [1.807, 2.05) is 19.1 Å². The lowest BCUT2D eigenvalue weighted by atomic mass is 9.98. The second kappa shape index (κ2) is 7.50. The topological polar surface area (TPSA) is 92.8 Å². The summed E-state index contributed by atoms with van der Waals surface area (Å²) in [5, 5.41) is 2.71. The largest absolute Gasteiger partial charge is 0.453 e. The average molecular weight is 372 g/mol. The number of hydrogen-bond donors (Lipinski definition) is 1. The van der Waals surface area contributed by atoms with Gasteiger partial charge in [-0.2, -0.15) is 0 Å². The number of nitrogens with zero attached hydrogens (tertiary/aromatic N) is 1. The number of carbonyl (C=O) groups is 4. The summed E-state index contributed by atoms with van der Waals surface area (Å²) in [6.07, 6.45) is 2.79. The van der Waals surface area contributed by atoms with Gasteiger partial charge in [0.2, 0.25) is 5.78 Å². The molecule has 144 valence electrons. The molecule has 27 heavy (non-hydrogen) atoms. The van der Waals surface area contributed by atoms with Gasteiger partial charge in [0.15, 0.2) is 6.10 Å². The second-order valence-electron chi connectivity index (χ2n) is 7.16. The summed E-state index contributed by atoms with van der Waals surface area (Å²) in [5.74, 6) is -1.48. The van der Waals surface area contributed by atoms with Gasteiger partial charge in [-0.1, -0.05) is 44.0 Å². The van der Waals surface area contributed by atoms with E-state index in [-0.39, 0.29) is 11.7 Å². The lowest BCUT2D eigenvalue weighted by Crippen LogP contribution is -2.44. The zero-order valence-corrected chi connectivity index (χ0v) is 15.6. The Hall–Kier alpha value is -2.70. The summed E-state index contributed by atoms with van der Waals surface area (Å²) in [5.41, 5.74) is 0.697. The summed E-state index contributed by atoms with van der Waals surface area (Å²) in [7, 11) is 0. The molecule has 1 saturated heterocycles. The van der Waals surface area contributed by atoms with Crippen LogP contribution in [-0.2, 0) is 20.7 Å². The molecule has 2 aliphatic rings. The molecule has 1 aromatic rings. The van der Waals surface area contributed by atoms with E-state index >= 15 is 0 Å². The number of ketones is 1. The molecule has 1 aromatic carbocycles. The van der Waals surface area contributed by atoms with Crippen LogP contribution in [0.1, 0.15) is 55.5 Å². The minimum atomic E-state index is -0.994.